The number of nitrogens with zero attached hydrogens (tertiary/aromatic N) is 3. The molecule has 4 heteroatoms. The van der Waals surface area contributed by atoms with Crippen LogP contribution in [-0.2, 0) is 0 Å². The molecule has 0 aliphatic carbocycles. The molecule has 3 rings (SSSR count). The predicted octanol–water partition coefficient (Wildman–Crippen LogP) is 3.47. The molecule has 1 N–H and O–H groups in total. The Bertz CT molecular complexity index is 632. The third kappa shape index (κ3) is 3.22. The summed E-state index contributed by atoms with van der Waals surface area (Å²) in [6.07, 6.45) is 4.32. The number of rotatable bonds is 5. The molecule has 2 heterocycles. The van der Waals surface area contributed by atoms with Crippen LogP contribution in [0.4, 0.5) is 5.82 Å². The lowest BCUT2D eigenvalue weighted by Gasteiger charge is -2.31. The number of aromatic nitrogens is 2. The summed E-state index contributed by atoms with van der Waals surface area (Å²) >= 11 is 0. The van der Waals surface area contributed by atoms with Crippen molar-refractivity contribution in [3.8, 4) is 0 Å². The minimum atomic E-state index is 0.567. The summed E-state index contributed by atoms with van der Waals surface area (Å²) < 4.78 is 0. The average molecular weight is 298 g/mol. The molecule has 0 bridgehead atoms. The van der Waals surface area contributed by atoms with E-state index in [0.717, 1.165) is 23.3 Å². The maximum atomic E-state index is 4.47. The van der Waals surface area contributed by atoms with Gasteiger partial charge >= 0.3 is 0 Å². The number of hydrogen-bond acceptors (Lipinski definition) is 4. The van der Waals surface area contributed by atoms with E-state index in [4.69, 9.17) is 0 Å². The van der Waals surface area contributed by atoms with E-state index in [1.165, 1.54) is 31.5 Å². The maximum absolute atomic E-state index is 4.47. The molecule has 2 aromatic rings. The van der Waals surface area contributed by atoms with E-state index in [1.54, 1.807) is 6.33 Å². The van der Waals surface area contributed by atoms with Gasteiger partial charge in [-0.15, -0.1) is 0 Å². The van der Waals surface area contributed by atoms with E-state index < -0.39 is 0 Å². The summed E-state index contributed by atoms with van der Waals surface area (Å²) in [7, 11) is 0. The molecule has 1 aliphatic heterocycles. The third-order valence-corrected chi connectivity index (χ3v) is 4.65. The summed E-state index contributed by atoms with van der Waals surface area (Å²) in [5.74, 6) is 1.60. The Morgan fingerprint density at radius 1 is 1.18 bits per heavy atom. The van der Waals surface area contributed by atoms with Gasteiger partial charge in [0.1, 0.15) is 12.1 Å². The van der Waals surface area contributed by atoms with Crippen LogP contribution in [0.25, 0.3) is 10.9 Å². The van der Waals surface area contributed by atoms with E-state index >= 15 is 0 Å². The van der Waals surface area contributed by atoms with Gasteiger partial charge in [-0.25, -0.2) is 9.97 Å². The van der Waals surface area contributed by atoms with Gasteiger partial charge in [-0.05, 0) is 50.9 Å². The molecule has 1 aromatic carbocycles. The first kappa shape index (κ1) is 15.2. The Morgan fingerprint density at radius 3 is 2.68 bits per heavy atom. The average Bonchev–Trinajstić information content (AvgIpc) is 3.01. The van der Waals surface area contributed by atoms with E-state index in [2.05, 4.69) is 59.2 Å². The van der Waals surface area contributed by atoms with Crippen molar-refractivity contribution in [2.45, 2.75) is 39.7 Å². The van der Waals surface area contributed by atoms with E-state index in [0.29, 0.717) is 12.0 Å². The highest BCUT2D eigenvalue weighted by atomic mass is 15.2. The van der Waals surface area contributed by atoms with Crippen LogP contribution in [0.15, 0.2) is 24.5 Å². The quantitative estimate of drug-likeness (QED) is 0.917. The number of nitrogens with one attached hydrogen (secondary N) is 1. The second kappa shape index (κ2) is 6.61. The zero-order chi connectivity index (χ0) is 15.5. The summed E-state index contributed by atoms with van der Waals surface area (Å²) in [5, 5.41) is 4.70. The highest BCUT2D eigenvalue weighted by Crippen LogP contribution is 2.22. The molecule has 0 amide bonds. The number of aryl methyl sites for hydroxylation is 1. The van der Waals surface area contributed by atoms with Gasteiger partial charge in [0, 0.05) is 18.0 Å². The van der Waals surface area contributed by atoms with Crippen molar-refractivity contribution in [1.82, 2.24) is 14.9 Å². The normalized spacial score (nSPS) is 17.3. The van der Waals surface area contributed by atoms with Crippen molar-refractivity contribution in [2.75, 3.05) is 25.0 Å². The SMILES string of the molecule is Cc1ccc2ncnc(NCC(C(C)C)N3CCCC3)c2c1. The molecule has 1 saturated heterocycles. The number of benzene rings is 1. The van der Waals surface area contributed by atoms with Crippen LogP contribution in [-0.4, -0.2) is 40.5 Å². The first-order valence-corrected chi connectivity index (χ1v) is 8.34. The lowest BCUT2D eigenvalue weighted by molar-refractivity contribution is 0.201. The standard InChI is InChI=1S/C18H26N4/c1-13(2)17(22-8-4-5-9-22)11-19-18-15-10-14(3)6-7-16(15)20-12-21-18/h6-7,10,12-13,17H,4-5,8-9,11H2,1-3H3,(H,19,20,21). The monoisotopic (exact) mass is 298 g/mol. The maximum Gasteiger partial charge on any atom is 0.137 e. The first-order chi connectivity index (χ1) is 10.6. The highest BCUT2D eigenvalue weighted by molar-refractivity contribution is 5.89. The van der Waals surface area contributed by atoms with Gasteiger partial charge in [0.25, 0.3) is 0 Å². The van der Waals surface area contributed by atoms with Gasteiger partial charge in [-0.1, -0.05) is 25.5 Å². The number of likely N-dealkylation sites (tertiary alicyclic amines) is 1. The fraction of sp³-hybridized carbons (Fsp3) is 0.556. The molecule has 0 saturated carbocycles. The van der Waals surface area contributed by atoms with Crippen LogP contribution < -0.4 is 5.32 Å². The molecule has 1 fully saturated rings. The minimum absolute atomic E-state index is 0.567. The molecule has 118 valence electrons. The predicted molar refractivity (Wildman–Crippen MR) is 92.2 cm³/mol. The van der Waals surface area contributed by atoms with Gasteiger partial charge in [-0.2, -0.15) is 0 Å². The highest BCUT2D eigenvalue weighted by Gasteiger charge is 2.24. The second-order valence-corrected chi connectivity index (χ2v) is 6.68. The molecule has 1 aliphatic rings. The van der Waals surface area contributed by atoms with E-state index in [-0.39, 0.29) is 0 Å². The molecule has 0 spiro atoms. The zero-order valence-electron chi connectivity index (χ0n) is 13.8. The lowest BCUT2D eigenvalue weighted by Crippen LogP contribution is -2.42. The molecule has 4 nitrogen and oxygen atoms in total. The van der Waals surface area contributed by atoms with Gasteiger partial charge in [-0.3, -0.25) is 4.90 Å². The fourth-order valence-corrected chi connectivity index (χ4v) is 3.37. The van der Waals surface area contributed by atoms with Crippen LogP contribution in [0.2, 0.25) is 0 Å². The molecule has 22 heavy (non-hydrogen) atoms. The van der Waals surface area contributed by atoms with Crippen LogP contribution in [0.5, 0.6) is 0 Å². The number of fused-ring (bicyclic) bond motifs is 1. The summed E-state index contributed by atoms with van der Waals surface area (Å²) in [5.41, 5.74) is 2.25. The van der Waals surface area contributed by atoms with Crippen LogP contribution in [0.3, 0.4) is 0 Å². The van der Waals surface area contributed by atoms with E-state index in [9.17, 15) is 0 Å². The Balaban J connectivity index is 1.78. The van der Waals surface area contributed by atoms with Crippen molar-refractivity contribution in [3.63, 3.8) is 0 Å². The molecule has 1 unspecified atom stereocenters. The Labute approximate surface area is 133 Å². The van der Waals surface area contributed by atoms with E-state index in [1.807, 2.05) is 0 Å². The number of hydrogen-bond donors (Lipinski definition) is 1. The van der Waals surface area contributed by atoms with Crippen molar-refractivity contribution < 1.29 is 0 Å². The van der Waals surface area contributed by atoms with Gasteiger partial charge < -0.3 is 5.32 Å². The Kier molecular flexibility index (Phi) is 4.57. The number of anilines is 1. The van der Waals surface area contributed by atoms with Crippen molar-refractivity contribution >= 4 is 16.7 Å². The van der Waals surface area contributed by atoms with Gasteiger partial charge in [0.2, 0.25) is 0 Å². The molecular formula is C18H26N4. The van der Waals surface area contributed by atoms with Gasteiger partial charge in [0.05, 0.1) is 5.52 Å². The third-order valence-electron chi connectivity index (χ3n) is 4.65. The Hall–Kier alpha value is -1.68. The minimum Gasteiger partial charge on any atom is -0.368 e. The second-order valence-electron chi connectivity index (χ2n) is 6.68. The molecule has 1 aromatic heterocycles. The molecule has 1 atom stereocenters. The summed E-state index contributed by atoms with van der Waals surface area (Å²) in [6, 6.07) is 6.90. The van der Waals surface area contributed by atoms with Crippen molar-refractivity contribution in [1.29, 1.82) is 0 Å². The van der Waals surface area contributed by atoms with Crippen LogP contribution in [0, 0.1) is 12.8 Å². The molecule has 0 radical (unpaired) electrons. The lowest BCUT2D eigenvalue weighted by atomic mass is 10.0. The smallest absolute Gasteiger partial charge is 0.137 e. The first-order valence-electron chi connectivity index (χ1n) is 8.34. The van der Waals surface area contributed by atoms with Crippen LogP contribution in [0.1, 0.15) is 32.3 Å². The molecular weight excluding hydrogens is 272 g/mol. The topological polar surface area (TPSA) is 41.1 Å². The van der Waals surface area contributed by atoms with Crippen LogP contribution >= 0.6 is 0 Å². The fourth-order valence-electron chi connectivity index (χ4n) is 3.37. The Morgan fingerprint density at radius 2 is 1.95 bits per heavy atom. The van der Waals surface area contributed by atoms with Gasteiger partial charge in [0.15, 0.2) is 0 Å². The zero-order valence-corrected chi connectivity index (χ0v) is 13.8. The summed E-state index contributed by atoms with van der Waals surface area (Å²) in [6.45, 7) is 10.1. The summed E-state index contributed by atoms with van der Waals surface area (Å²) in [4.78, 5) is 11.4. The van der Waals surface area contributed by atoms with Crippen molar-refractivity contribution in [2.24, 2.45) is 5.92 Å². The van der Waals surface area contributed by atoms with Crippen molar-refractivity contribution in [3.05, 3.63) is 30.1 Å². The largest absolute Gasteiger partial charge is 0.368 e.